The lowest BCUT2D eigenvalue weighted by Crippen LogP contribution is -2.50. The topological polar surface area (TPSA) is 17.1 Å². The third-order valence-corrected chi connectivity index (χ3v) is 4.13. The predicted molar refractivity (Wildman–Crippen MR) is 55.0 cm³/mol. The Labute approximate surface area is 82.8 Å². The quantitative estimate of drug-likeness (QED) is 0.671. The molecule has 0 bridgehead atoms. The van der Waals surface area contributed by atoms with Crippen molar-refractivity contribution in [2.45, 2.75) is 26.7 Å². The molecule has 1 aliphatic carbocycles. The van der Waals surface area contributed by atoms with Crippen LogP contribution in [0.3, 0.4) is 0 Å². The minimum absolute atomic E-state index is 0.135. The summed E-state index contributed by atoms with van der Waals surface area (Å²) in [6.07, 6.45) is 0. The highest BCUT2D eigenvalue weighted by Gasteiger charge is 2.54. The Morgan fingerprint density at radius 1 is 1.46 bits per heavy atom. The first-order chi connectivity index (χ1) is 6.05. The average Bonchev–Trinajstić information content (AvgIpc) is 2.56. The minimum Gasteiger partial charge on any atom is -0.299 e. The smallest absolute Gasteiger partial charge is 0.142 e. The number of Topliss-reactive ketones (excluding diaryl/α,β-unsaturated/α-hetero) is 1. The summed E-state index contributed by atoms with van der Waals surface area (Å²) in [5, 5.41) is 2.08. The molecule has 0 radical (unpaired) electrons. The van der Waals surface area contributed by atoms with Crippen LogP contribution in [-0.4, -0.2) is 5.78 Å². The van der Waals surface area contributed by atoms with E-state index < -0.39 is 0 Å². The molecule has 2 atom stereocenters. The van der Waals surface area contributed by atoms with E-state index in [-0.39, 0.29) is 11.3 Å². The summed E-state index contributed by atoms with van der Waals surface area (Å²) >= 11 is 1.76. The molecule has 0 saturated heterocycles. The summed E-state index contributed by atoms with van der Waals surface area (Å²) < 4.78 is 0. The van der Waals surface area contributed by atoms with Crippen LogP contribution in [0.2, 0.25) is 0 Å². The van der Waals surface area contributed by atoms with E-state index in [0.29, 0.717) is 11.7 Å². The van der Waals surface area contributed by atoms with Gasteiger partial charge in [0.25, 0.3) is 0 Å². The van der Waals surface area contributed by atoms with Gasteiger partial charge in [-0.15, -0.1) is 11.3 Å². The van der Waals surface area contributed by atoms with Crippen molar-refractivity contribution in [3.8, 4) is 0 Å². The molecule has 0 N–H and O–H groups in total. The Morgan fingerprint density at radius 3 is 2.62 bits per heavy atom. The molecular formula is C11H14OS. The van der Waals surface area contributed by atoms with Gasteiger partial charge in [0, 0.05) is 22.1 Å². The summed E-state index contributed by atoms with van der Waals surface area (Å²) in [5.74, 6) is 1.07. The number of carbonyl (C=O) groups excluding carboxylic acids is 1. The van der Waals surface area contributed by atoms with Crippen molar-refractivity contribution in [2.75, 3.05) is 0 Å². The van der Waals surface area contributed by atoms with Gasteiger partial charge in [-0.2, -0.15) is 0 Å². The maximum absolute atomic E-state index is 11.6. The number of thiophene rings is 1. The van der Waals surface area contributed by atoms with Crippen LogP contribution in [0.1, 0.15) is 31.6 Å². The third kappa shape index (κ3) is 1.08. The number of hydrogen-bond acceptors (Lipinski definition) is 2. The van der Waals surface area contributed by atoms with Gasteiger partial charge in [0.15, 0.2) is 0 Å². The summed E-state index contributed by atoms with van der Waals surface area (Å²) in [5.41, 5.74) is -0.135. The summed E-state index contributed by atoms with van der Waals surface area (Å²) in [6, 6.07) is 4.20. The first-order valence-corrected chi connectivity index (χ1v) is 5.51. The molecule has 13 heavy (non-hydrogen) atoms. The molecule has 2 heteroatoms. The number of hydrogen-bond donors (Lipinski definition) is 0. The minimum atomic E-state index is -0.135. The molecule has 1 aliphatic rings. The first-order valence-electron chi connectivity index (χ1n) is 4.63. The van der Waals surface area contributed by atoms with Crippen molar-refractivity contribution in [2.24, 2.45) is 11.3 Å². The monoisotopic (exact) mass is 194 g/mol. The van der Waals surface area contributed by atoms with Gasteiger partial charge in [0.1, 0.15) is 5.78 Å². The second-order valence-corrected chi connectivity index (χ2v) is 5.35. The Balaban J connectivity index is 2.32. The van der Waals surface area contributed by atoms with Crippen LogP contribution in [0.25, 0.3) is 0 Å². The van der Waals surface area contributed by atoms with Gasteiger partial charge < -0.3 is 0 Å². The third-order valence-electron chi connectivity index (χ3n) is 3.18. The van der Waals surface area contributed by atoms with E-state index in [4.69, 9.17) is 0 Å². The molecule has 1 nitrogen and oxygen atoms in total. The van der Waals surface area contributed by atoms with Gasteiger partial charge in [-0.3, -0.25) is 4.79 Å². The van der Waals surface area contributed by atoms with E-state index in [9.17, 15) is 4.79 Å². The number of ketones is 1. The number of rotatable bonds is 1. The second-order valence-electron chi connectivity index (χ2n) is 4.37. The van der Waals surface area contributed by atoms with Gasteiger partial charge in [0.2, 0.25) is 0 Å². The maximum Gasteiger partial charge on any atom is 0.142 e. The van der Waals surface area contributed by atoms with Crippen LogP contribution in [0.5, 0.6) is 0 Å². The predicted octanol–water partition coefficient (Wildman–Crippen LogP) is 3.08. The normalized spacial score (nSPS) is 31.5. The molecule has 1 saturated carbocycles. The molecule has 0 aliphatic heterocycles. The van der Waals surface area contributed by atoms with Crippen LogP contribution < -0.4 is 0 Å². The zero-order chi connectivity index (χ0) is 9.64. The second kappa shape index (κ2) is 2.68. The van der Waals surface area contributed by atoms with Crippen LogP contribution in [-0.2, 0) is 4.79 Å². The molecular weight excluding hydrogens is 180 g/mol. The standard InChI is InChI=1S/C11H14OS/c1-7-9(8-5-4-6-13-8)11(2,3)10(7)12/h4-7,9H,1-3H3. The lowest BCUT2D eigenvalue weighted by molar-refractivity contribution is -0.145. The van der Waals surface area contributed by atoms with Crippen LogP contribution in [0, 0.1) is 11.3 Å². The fourth-order valence-electron chi connectivity index (χ4n) is 2.49. The van der Waals surface area contributed by atoms with Crippen molar-refractivity contribution >= 4 is 17.1 Å². The molecule has 2 rings (SSSR count). The lowest BCUT2D eigenvalue weighted by Gasteiger charge is -2.47. The summed E-state index contributed by atoms with van der Waals surface area (Å²) in [6.45, 7) is 6.15. The average molecular weight is 194 g/mol. The fraction of sp³-hybridized carbons (Fsp3) is 0.545. The zero-order valence-electron chi connectivity index (χ0n) is 8.20. The van der Waals surface area contributed by atoms with Gasteiger partial charge in [-0.1, -0.05) is 26.8 Å². The molecule has 1 aromatic rings. The Bertz CT molecular complexity index is 324. The largest absolute Gasteiger partial charge is 0.299 e. The van der Waals surface area contributed by atoms with Crippen molar-refractivity contribution < 1.29 is 4.79 Å². The van der Waals surface area contributed by atoms with Crippen LogP contribution in [0.15, 0.2) is 17.5 Å². The van der Waals surface area contributed by atoms with E-state index in [0.717, 1.165) is 0 Å². The molecule has 70 valence electrons. The molecule has 1 fully saturated rings. The van der Waals surface area contributed by atoms with E-state index >= 15 is 0 Å². The molecule has 2 unspecified atom stereocenters. The summed E-state index contributed by atoms with van der Waals surface area (Å²) in [7, 11) is 0. The highest BCUT2D eigenvalue weighted by atomic mass is 32.1. The van der Waals surface area contributed by atoms with Gasteiger partial charge >= 0.3 is 0 Å². The molecule has 0 spiro atoms. The first kappa shape index (κ1) is 8.95. The van der Waals surface area contributed by atoms with E-state index in [1.54, 1.807) is 11.3 Å². The highest BCUT2D eigenvalue weighted by molar-refractivity contribution is 7.10. The van der Waals surface area contributed by atoms with Crippen LogP contribution in [0.4, 0.5) is 0 Å². The van der Waals surface area contributed by atoms with Gasteiger partial charge in [0.05, 0.1) is 0 Å². The van der Waals surface area contributed by atoms with E-state index in [1.165, 1.54) is 4.88 Å². The summed E-state index contributed by atoms with van der Waals surface area (Å²) in [4.78, 5) is 13.0. The van der Waals surface area contributed by atoms with Crippen LogP contribution >= 0.6 is 11.3 Å². The fourth-order valence-corrected chi connectivity index (χ4v) is 3.61. The van der Waals surface area contributed by atoms with Crippen molar-refractivity contribution in [3.05, 3.63) is 22.4 Å². The molecule has 1 heterocycles. The van der Waals surface area contributed by atoms with Gasteiger partial charge in [-0.25, -0.2) is 0 Å². The van der Waals surface area contributed by atoms with Crippen molar-refractivity contribution in [1.29, 1.82) is 0 Å². The maximum atomic E-state index is 11.6. The Morgan fingerprint density at radius 2 is 2.15 bits per heavy atom. The highest BCUT2D eigenvalue weighted by Crippen LogP contribution is 2.54. The molecule has 0 aromatic carbocycles. The molecule has 1 aromatic heterocycles. The lowest BCUT2D eigenvalue weighted by atomic mass is 9.55. The van der Waals surface area contributed by atoms with E-state index in [2.05, 4.69) is 31.4 Å². The Kier molecular flexibility index (Phi) is 1.84. The van der Waals surface area contributed by atoms with Crippen molar-refractivity contribution in [3.63, 3.8) is 0 Å². The van der Waals surface area contributed by atoms with Crippen molar-refractivity contribution in [1.82, 2.24) is 0 Å². The molecule has 0 amide bonds. The zero-order valence-corrected chi connectivity index (χ0v) is 9.02. The Hall–Kier alpha value is -0.630. The number of carbonyl (C=O) groups is 1. The SMILES string of the molecule is CC1C(=O)C(C)(C)C1c1cccs1. The van der Waals surface area contributed by atoms with E-state index in [1.807, 2.05) is 6.92 Å². The van der Waals surface area contributed by atoms with Gasteiger partial charge in [-0.05, 0) is 11.4 Å².